The Morgan fingerprint density at radius 2 is 1.88 bits per heavy atom. The molecule has 0 aromatic rings. The summed E-state index contributed by atoms with van der Waals surface area (Å²) in [6.45, 7) is 4.66. The highest BCUT2D eigenvalue weighted by atomic mass is 16.5. The second-order valence-corrected chi connectivity index (χ2v) is 9.44. The second-order valence-electron chi connectivity index (χ2n) is 9.44. The molecule has 1 heterocycles. The number of hydrogen-bond acceptors (Lipinski definition) is 5. The number of carbonyl (C=O) groups is 3. The van der Waals surface area contributed by atoms with Crippen molar-refractivity contribution in [3.63, 3.8) is 0 Å². The van der Waals surface area contributed by atoms with Crippen molar-refractivity contribution in [1.82, 2.24) is 10.2 Å². The Morgan fingerprint density at radius 3 is 2.53 bits per heavy atom. The summed E-state index contributed by atoms with van der Waals surface area (Å²) in [4.78, 5) is 41.7. The van der Waals surface area contributed by atoms with Crippen molar-refractivity contribution < 1.29 is 24.2 Å². The number of hydrogen-bond donors (Lipinski definition) is 2. The van der Waals surface area contributed by atoms with Gasteiger partial charge in [0.2, 0.25) is 11.8 Å². The van der Waals surface area contributed by atoms with Crippen LogP contribution < -0.4 is 5.32 Å². The second kappa shape index (κ2) is 11.8. The highest BCUT2D eigenvalue weighted by molar-refractivity contribution is 5.96. The van der Waals surface area contributed by atoms with E-state index in [1.54, 1.807) is 11.8 Å². The van der Waals surface area contributed by atoms with Crippen LogP contribution in [0.1, 0.15) is 71.6 Å². The molecule has 7 nitrogen and oxygen atoms in total. The molecule has 0 radical (unpaired) electrons. The zero-order chi connectivity index (χ0) is 23.1. The van der Waals surface area contributed by atoms with Crippen LogP contribution in [0.15, 0.2) is 12.2 Å². The third kappa shape index (κ3) is 5.36. The van der Waals surface area contributed by atoms with E-state index < -0.39 is 17.9 Å². The maximum atomic E-state index is 13.6. The number of unbranched alkanes of at least 4 members (excludes halogenated alkanes) is 2. The van der Waals surface area contributed by atoms with Gasteiger partial charge in [-0.1, -0.05) is 38.3 Å². The Kier molecular flexibility index (Phi) is 9.14. The van der Waals surface area contributed by atoms with Crippen LogP contribution in [0.2, 0.25) is 0 Å². The molecule has 2 fully saturated rings. The average Bonchev–Trinajstić information content (AvgIpc) is 3.08. The standard InChI is InChI=1S/C25H40N2O5/c1-3-17-13-14-19-21(20(17)25(31)32-4-2)24(30)27(15-9-6-10-16-28)22(19)23(29)26-18-11-7-5-8-12-18/h13-14,17-22,28H,3-12,15-16H2,1-2H3,(H,26,29)/t17-,19+,20-,21-,22+/m1/s1. The minimum absolute atomic E-state index is 0.0596. The fraction of sp³-hybridized carbons (Fsp3) is 0.800. The summed E-state index contributed by atoms with van der Waals surface area (Å²) < 4.78 is 5.36. The van der Waals surface area contributed by atoms with E-state index >= 15 is 0 Å². The number of ether oxygens (including phenoxy) is 1. The van der Waals surface area contributed by atoms with Gasteiger partial charge in [-0.25, -0.2) is 0 Å². The molecule has 0 aromatic heterocycles. The van der Waals surface area contributed by atoms with Crippen LogP contribution in [-0.4, -0.2) is 59.6 Å². The van der Waals surface area contributed by atoms with Crippen LogP contribution in [0.4, 0.5) is 0 Å². The predicted octanol–water partition coefficient (Wildman–Crippen LogP) is 2.82. The van der Waals surface area contributed by atoms with Crippen molar-refractivity contribution in [3.8, 4) is 0 Å². The molecule has 0 unspecified atom stereocenters. The lowest BCUT2D eigenvalue weighted by atomic mass is 9.69. The summed E-state index contributed by atoms with van der Waals surface area (Å²) in [7, 11) is 0. The molecule has 2 N–H and O–H groups in total. The number of amides is 2. The maximum absolute atomic E-state index is 13.6. The van der Waals surface area contributed by atoms with Crippen LogP contribution in [-0.2, 0) is 19.1 Å². The Bertz CT molecular complexity index is 688. The molecule has 5 atom stereocenters. The number of esters is 1. The molecule has 0 aromatic carbocycles. The van der Waals surface area contributed by atoms with Crippen LogP contribution >= 0.6 is 0 Å². The lowest BCUT2D eigenvalue weighted by Gasteiger charge is -2.34. The van der Waals surface area contributed by atoms with Crippen LogP contribution in [0, 0.1) is 23.7 Å². The summed E-state index contributed by atoms with van der Waals surface area (Å²) in [6.07, 6.45) is 12.4. The van der Waals surface area contributed by atoms with Gasteiger partial charge in [0.05, 0.1) is 18.4 Å². The van der Waals surface area contributed by atoms with Crippen molar-refractivity contribution in [2.45, 2.75) is 83.7 Å². The highest BCUT2D eigenvalue weighted by Crippen LogP contribution is 2.45. The topological polar surface area (TPSA) is 95.9 Å². The molecule has 3 rings (SSSR count). The number of nitrogens with one attached hydrogen (secondary N) is 1. The van der Waals surface area contributed by atoms with E-state index in [0.717, 1.165) is 44.9 Å². The van der Waals surface area contributed by atoms with E-state index in [4.69, 9.17) is 9.84 Å². The highest BCUT2D eigenvalue weighted by Gasteiger charge is 2.57. The van der Waals surface area contributed by atoms with E-state index in [0.29, 0.717) is 13.0 Å². The SMILES string of the molecule is CCOC(=O)[C@H]1[C@@H]2C(=O)N(CCCCCO)[C@H](C(=O)NC3CCCCC3)[C@H]2C=C[C@H]1CC. The minimum Gasteiger partial charge on any atom is -0.466 e. The molecule has 2 aliphatic carbocycles. The van der Waals surface area contributed by atoms with Crippen molar-refractivity contribution in [3.05, 3.63) is 12.2 Å². The fourth-order valence-electron chi connectivity index (χ4n) is 5.79. The average molecular weight is 449 g/mol. The number of likely N-dealkylation sites (tertiary alicyclic amines) is 1. The molecule has 180 valence electrons. The molecule has 3 aliphatic rings. The molecular formula is C25H40N2O5. The largest absolute Gasteiger partial charge is 0.466 e. The zero-order valence-electron chi connectivity index (χ0n) is 19.6. The quantitative estimate of drug-likeness (QED) is 0.304. The third-order valence-corrected chi connectivity index (χ3v) is 7.42. The molecule has 2 amide bonds. The first kappa shape index (κ1) is 24.7. The number of nitrogens with zero attached hydrogens (tertiary/aromatic N) is 1. The van der Waals surface area contributed by atoms with Gasteiger partial charge in [0.1, 0.15) is 6.04 Å². The van der Waals surface area contributed by atoms with Gasteiger partial charge in [-0.05, 0) is 51.4 Å². The number of carbonyl (C=O) groups excluding carboxylic acids is 3. The van der Waals surface area contributed by atoms with Gasteiger partial charge in [0.25, 0.3) is 0 Å². The van der Waals surface area contributed by atoms with E-state index in [2.05, 4.69) is 5.32 Å². The van der Waals surface area contributed by atoms with Crippen LogP contribution in [0.3, 0.4) is 0 Å². The number of aliphatic hydroxyl groups is 1. The molecule has 0 bridgehead atoms. The van der Waals surface area contributed by atoms with E-state index in [1.807, 2.05) is 19.1 Å². The maximum Gasteiger partial charge on any atom is 0.310 e. The molecule has 1 saturated heterocycles. The number of rotatable bonds is 10. The number of aliphatic hydroxyl groups excluding tert-OH is 1. The smallest absolute Gasteiger partial charge is 0.310 e. The monoisotopic (exact) mass is 448 g/mol. The summed E-state index contributed by atoms with van der Waals surface area (Å²) in [5, 5.41) is 12.3. The third-order valence-electron chi connectivity index (χ3n) is 7.42. The normalized spacial score (nSPS) is 30.3. The molecule has 32 heavy (non-hydrogen) atoms. The van der Waals surface area contributed by atoms with Crippen molar-refractivity contribution in [2.75, 3.05) is 19.8 Å². The van der Waals surface area contributed by atoms with Crippen LogP contribution in [0.5, 0.6) is 0 Å². The molecule has 1 saturated carbocycles. The van der Waals surface area contributed by atoms with Gasteiger partial charge in [0.15, 0.2) is 0 Å². The van der Waals surface area contributed by atoms with Gasteiger partial charge >= 0.3 is 5.97 Å². The van der Waals surface area contributed by atoms with Crippen molar-refractivity contribution in [2.24, 2.45) is 23.7 Å². The molecule has 7 heteroatoms. The van der Waals surface area contributed by atoms with E-state index in [1.165, 1.54) is 6.42 Å². The first-order valence-electron chi connectivity index (χ1n) is 12.6. The van der Waals surface area contributed by atoms with Gasteiger partial charge < -0.3 is 20.1 Å². The van der Waals surface area contributed by atoms with Gasteiger partial charge in [0, 0.05) is 25.1 Å². The zero-order valence-corrected chi connectivity index (χ0v) is 19.6. The lowest BCUT2D eigenvalue weighted by molar-refractivity contribution is -0.155. The van der Waals surface area contributed by atoms with E-state index in [9.17, 15) is 14.4 Å². The Labute approximate surface area is 191 Å². The number of fused-ring (bicyclic) bond motifs is 1. The molecule has 0 spiro atoms. The Balaban J connectivity index is 1.86. The minimum atomic E-state index is -0.588. The molecular weight excluding hydrogens is 408 g/mol. The lowest BCUT2D eigenvalue weighted by Crippen LogP contribution is -2.50. The number of allylic oxidation sites excluding steroid dienone is 1. The molecule has 1 aliphatic heterocycles. The first-order chi connectivity index (χ1) is 15.5. The summed E-state index contributed by atoms with van der Waals surface area (Å²) in [5.74, 6) is -2.01. The van der Waals surface area contributed by atoms with Gasteiger partial charge in [-0.15, -0.1) is 0 Å². The van der Waals surface area contributed by atoms with Crippen molar-refractivity contribution in [1.29, 1.82) is 0 Å². The van der Waals surface area contributed by atoms with Gasteiger partial charge in [-0.2, -0.15) is 0 Å². The first-order valence-corrected chi connectivity index (χ1v) is 12.6. The summed E-state index contributed by atoms with van der Waals surface area (Å²) >= 11 is 0. The van der Waals surface area contributed by atoms with E-state index in [-0.39, 0.29) is 48.9 Å². The van der Waals surface area contributed by atoms with Gasteiger partial charge in [-0.3, -0.25) is 14.4 Å². The van der Waals surface area contributed by atoms with Crippen molar-refractivity contribution >= 4 is 17.8 Å². The summed E-state index contributed by atoms with van der Waals surface area (Å²) in [6, 6.07) is -0.423. The predicted molar refractivity (Wildman–Crippen MR) is 121 cm³/mol. The Hall–Kier alpha value is -1.89. The fourth-order valence-corrected chi connectivity index (χ4v) is 5.79. The Morgan fingerprint density at radius 1 is 1.12 bits per heavy atom. The summed E-state index contributed by atoms with van der Waals surface area (Å²) in [5.41, 5.74) is 0. The van der Waals surface area contributed by atoms with Crippen LogP contribution in [0.25, 0.3) is 0 Å².